The lowest BCUT2D eigenvalue weighted by molar-refractivity contribution is 0.403. The number of hydrogen-bond acceptors (Lipinski definition) is 1. The fourth-order valence-corrected chi connectivity index (χ4v) is 3.36. The largest absolute Gasteiger partial charge is 0.241 e. The summed E-state index contributed by atoms with van der Waals surface area (Å²) in [4.78, 5) is 0. The Kier molecular flexibility index (Phi) is 1.65. The average Bonchev–Trinajstić information content (AvgIpc) is 2.66. The number of hydrogen-bond donors (Lipinski definition) is 0. The molecule has 0 atom stereocenters. The Morgan fingerprint density at radius 2 is 1.81 bits per heavy atom. The Morgan fingerprint density at radius 1 is 1.12 bits per heavy atom. The molecule has 2 heterocycles. The lowest BCUT2D eigenvalue weighted by atomic mass is 9.82. The molecule has 0 fully saturated rings. The van der Waals surface area contributed by atoms with Crippen molar-refractivity contribution in [2.45, 2.75) is 44.9 Å². The zero-order valence-electron chi connectivity index (χ0n) is 10.4. The normalized spacial score (nSPS) is 21.2. The molecule has 0 bridgehead atoms. The second kappa shape index (κ2) is 2.68. The molecule has 0 aromatic carbocycles. The molecule has 0 N–H and O–H groups in total. The molecule has 3 rings (SSSR count). The van der Waals surface area contributed by atoms with Crippen LogP contribution < -0.4 is 0 Å². The minimum Gasteiger partial charge on any atom is -0.241 e. The highest BCUT2D eigenvalue weighted by Crippen LogP contribution is 2.49. The number of aromatic nitrogens is 2. The third kappa shape index (κ3) is 1.16. The minimum absolute atomic E-state index is 0.263. The van der Waals surface area contributed by atoms with Crippen LogP contribution in [0.5, 0.6) is 0 Å². The third-order valence-corrected chi connectivity index (χ3v) is 3.88. The molecule has 0 saturated heterocycles. The van der Waals surface area contributed by atoms with E-state index < -0.39 is 0 Å². The van der Waals surface area contributed by atoms with E-state index in [0.29, 0.717) is 0 Å². The first-order chi connectivity index (χ1) is 7.40. The van der Waals surface area contributed by atoms with Crippen molar-refractivity contribution in [3.63, 3.8) is 0 Å². The van der Waals surface area contributed by atoms with Gasteiger partial charge in [-0.15, -0.1) is 0 Å². The maximum absolute atomic E-state index is 4.33. The Hall–Kier alpha value is -1.31. The SMILES string of the molecule is CC1(C)CC(C)(C)c2cn3nccc3cc21. The smallest absolute Gasteiger partial charge is 0.0664 e. The zero-order chi connectivity index (χ0) is 11.6. The first-order valence-electron chi connectivity index (χ1n) is 5.89. The van der Waals surface area contributed by atoms with Crippen LogP contribution in [0.3, 0.4) is 0 Å². The topological polar surface area (TPSA) is 17.3 Å². The van der Waals surface area contributed by atoms with Crippen molar-refractivity contribution >= 4 is 5.52 Å². The van der Waals surface area contributed by atoms with Gasteiger partial charge in [-0.2, -0.15) is 5.10 Å². The van der Waals surface area contributed by atoms with Gasteiger partial charge in [0.25, 0.3) is 0 Å². The maximum atomic E-state index is 4.33. The zero-order valence-corrected chi connectivity index (χ0v) is 10.4. The van der Waals surface area contributed by atoms with E-state index in [1.807, 2.05) is 10.7 Å². The van der Waals surface area contributed by atoms with Crippen LogP contribution >= 0.6 is 0 Å². The van der Waals surface area contributed by atoms with E-state index in [0.717, 1.165) is 0 Å². The van der Waals surface area contributed by atoms with Gasteiger partial charge >= 0.3 is 0 Å². The highest BCUT2D eigenvalue weighted by atomic mass is 15.2. The molecule has 1 aliphatic carbocycles. The van der Waals surface area contributed by atoms with Crippen LogP contribution in [0.2, 0.25) is 0 Å². The molecule has 84 valence electrons. The van der Waals surface area contributed by atoms with Crippen LogP contribution in [0.15, 0.2) is 24.5 Å². The molecule has 2 aromatic rings. The first-order valence-corrected chi connectivity index (χ1v) is 5.89. The predicted octanol–water partition coefficient (Wildman–Crippen LogP) is 3.29. The molecular formula is C14H18N2. The van der Waals surface area contributed by atoms with Crippen molar-refractivity contribution in [2.24, 2.45) is 0 Å². The Labute approximate surface area is 96.3 Å². The van der Waals surface area contributed by atoms with Crippen LogP contribution in [0.4, 0.5) is 0 Å². The molecule has 0 aliphatic heterocycles. The van der Waals surface area contributed by atoms with E-state index in [-0.39, 0.29) is 10.8 Å². The minimum atomic E-state index is 0.263. The molecule has 2 aromatic heterocycles. The molecule has 16 heavy (non-hydrogen) atoms. The second-order valence-electron chi connectivity index (χ2n) is 6.25. The highest BCUT2D eigenvalue weighted by molar-refractivity contribution is 5.55. The fraction of sp³-hybridized carbons (Fsp3) is 0.500. The number of pyridine rings is 1. The number of rotatable bonds is 0. The Morgan fingerprint density at radius 3 is 2.56 bits per heavy atom. The van der Waals surface area contributed by atoms with Crippen LogP contribution in [0.25, 0.3) is 5.52 Å². The van der Waals surface area contributed by atoms with Gasteiger partial charge < -0.3 is 0 Å². The summed E-state index contributed by atoms with van der Waals surface area (Å²) in [7, 11) is 0. The summed E-state index contributed by atoms with van der Waals surface area (Å²) in [5, 5.41) is 4.33. The van der Waals surface area contributed by atoms with E-state index in [2.05, 4.69) is 51.1 Å². The summed E-state index contributed by atoms with van der Waals surface area (Å²) in [6, 6.07) is 4.37. The molecule has 0 radical (unpaired) electrons. The molecule has 0 unspecified atom stereocenters. The average molecular weight is 214 g/mol. The van der Waals surface area contributed by atoms with E-state index in [4.69, 9.17) is 0 Å². The predicted molar refractivity (Wildman–Crippen MR) is 65.9 cm³/mol. The van der Waals surface area contributed by atoms with E-state index in [1.165, 1.54) is 23.1 Å². The lowest BCUT2D eigenvalue weighted by Gasteiger charge is -2.22. The van der Waals surface area contributed by atoms with Crippen molar-refractivity contribution < 1.29 is 0 Å². The fourth-order valence-electron chi connectivity index (χ4n) is 3.36. The second-order valence-corrected chi connectivity index (χ2v) is 6.25. The van der Waals surface area contributed by atoms with Crippen molar-refractivity contribution in [3.05, 3.63) is 35.7 Å². The van der Waals surface area contributed by atoms with Gasteiger partial charge in [0.1, 0.15) is 0 Å². The van der Waals surface area contributed by atoms with Crippen LogP contribution in [0, 0.1) is 0 Å². The van der Waals surface area contributed by atoms with Crippen molar-refractivity contribution in [1.29, 1.82) is 0 Å². The van der Waals surface area contributed by atoms with Gasteiger partial charge in [0.2, 0.25) is 0 Å². The van der Waals surface area contributed by atoms with Crippen molar-refractivity contribution in [1.82, 2.24) is 9.61 Å². The van der Waals surface area contributed by atoms with Crippen LogP contribution in [-0.4, -0.2) is 9.61 Å². The molecule has 2 nitrogen and oxygen atoms in total. The quantitative estimate of drug-likeness (QED) is 0.657. The van der Waals surface area contributed by atoms with Crippen molar-refractivity contribution in [3.8, 4) is 0 Å². The molecule has 2 heteroatoms. The summed E-state index contributed by atoms with van der Waals surface area (Å²) in [6.45, 7) is 9.34. The molecule has 1 aliphatic rings. The number of fused-ring (bicyclic) bond motifs is 2. The van der Waals surface area contributed by atoms with E-state index >= 15 is 0 Å². The molecular weight excluding hydrogens is 196 g/mol. The van der Waals surface area contributed by atoms with Crippen LogP contribution in [0.1, 0.15) is 45.2 Å². The van der Waals surface area contributed by atoms with Gasteiger partial charge in [-0.1, -0.05) is 27.7 Å². The molecule has 0 amide bonds. The maximum Gasteiger partial charge on any atom is 0.0664 e. The van der Waals surface area contributed by atoms with Gasteiger partial charge in [0.05, 0.1) is 5.52 Å². The summed E-state index contributed by atoms with van der Waals surface area (Å²) >= 11 is 0. The van der Waals surface area contributed by atoms with Gasteiger partial charge in [0.15, 0.2) is 0 Å². The summed E-state index contributed by atoms with van der Waals surface area (Å²) in [5.74, 6) is 0. The standard InChI is InChI=1S/C14H18N2/c1-13(2)9-14(3,4)12-8-16-10(5-6-15-16)7-11(12)13/h5-8H,9H2,1-4H3. The summed E-state index contributed by atoms with van der Waals surface area (Å²) < 4.78 is 1.99. The van der Waals surface area contributed by atoms with Crippen LogP contribution in [-0.2, 0) is 10.8 Å². The molecule has 0 saturated carbocycles. The van der Waals surface area contributed by atoms with Gasteiger partial charge in [-0.25, -0.2) is 4.52 Å². The Bertz CT molecular complexity index is 513. The number of nitrogens with zero attached hydrogens (tertiary/aromatic N) is 2. The third-order valence-electron chi connectivity index (χ3n) is 3.88. The van der Waals surface area contributed by atoms with Crippen molar-refractivity contribution in [2.75, 3.05) is 0 Å². The Balaban J connectivity index is 2.37. The van der Waals surface area contributed by atoms with E-state index in [1.54, 1.807) is 0 Å². The lowest BCUT2D eigenvalue weighted by Crippen LogP contribution is -2.18. The molecule has 0 spiro atoms. The highest BCUT2D eigenvalue weighted by Gasteiger charge is 2.42. The van der Waals surface area contributed by atoms with E-state index in [9.17, 15) is 0 Å². The van der Waals surface area contributed by atoms with Gasteiger partial charge in [0, 0.05) is 12.4 Å². The summed E-state index contributed by atoms with van der Waals surface area (Å²) in [6.07, 6.45) is 5.28. The summed E-state index contributed by atoms with van der Waals surface area (Å²) in [5.41, 5.74) is 4.69. The monoisotopic (exact) mass is 214 g/mol. The first kappa shape index (κ1) is 9.88. The van der Waals surface area contributed by atoms with Gasteiger partial charge in [-0.05, 0) is 40.5 Å². The van der Waals surface area contributed by atoms with Gasteiger partial charge in [-0.3, -0.25) is 0 Å².